The van der Waals surface area contributed by atoms with Gasteiger partial charge in [0.1, 0.15) is 12.2 Å². The van der Waals surface area contributed by atoms with Crippen molar-refractivity contribution in [3.05, 3.63) is 69.7 Å². The Labute approximate surface area is 186 Å². The molecule has 0 spiro atoms. The highest BCUT2D eigenvalue weighted by Crippen LogP contribution is 2.37. The minimum absolute atomic E-state index is 0.223. The third kappa shape index (κ3) is 4.39. The number of nitrogens with zero attached hydrogens (tertiary/aromatic N) is 1. The first kappa shape index (κ1) is 21.6. The molecule has 1 saturated heterocycles. The van der Waals surface area contributed by atoms with Gasteiger partial charge in [0.2, 0.25) is 0 Å². The Kier molecular flexibility index (Phi) is 6.59. The topological polar surface area (TPSA) is 84.9 Å². The zero-order valence-electron chi connectivity index (χ0n) is 15.8. The highest BCUT2D eigenvalue weighted by atomic mass is 79.9. The number of halogens is 2. The number of nitrogens with one attached hydrogen (secondary N) is 1. The average Bonchev–Trinajstić information content (AvgIpc) is 2.70. The average molecular weight is 492 g/mol. The number of methoxy groups -OCH3 is 1. The second-order valence-corrected chi connectivity index (χ2v) is 7.39. The molecule has 0 saturated carbocycles. The quantitative estimate of drug-likeness (QED) is 0.369. The first-order valence-corrected chi connectivity index (χ1v) is 9.81. The first-order chi connectivity index (χ1) is 14.3. The van der Waals surface area contributed by atoms with Gasteiger partial charge in [-0.05, 0) is 42.0 Å². The number of anilines is 1. The van der Waals surface area contributed by atoms with Crippen LogP contribution in [0.5, 0.6) is 11.5 Å². The maximum absolute atomic E-state index is 13.0. The van der Waals surface area contributed by atoms with Crippen molar-refractivity contribution in [2.75, 3.05) is 18.6 Å². The second-order valence-electron chi connectivity index (χ2n) is 6.07. The summed E-state index contributed by atoms with van der Waals surface area (Å²) in [5.74, 6) is -0.936. The maximum atomic E-state index is 13.0. The lowest BCUT2D eigenvalue weighted by atomic mass is 10.1. The highest BCUT2D eigenvalue weighted by molar-refractivity contribution is 9.10. The monoisotopic (exact) mass is 490 g/mol. The summed E-state index contributed by atoms with van der Waals surface area (Å²) in [6, 6.07) is 8.86. The Morgan fingerprint density at radius 3 is 2.67 bits per heavy atom. The lowest BCUT2D eigenvalue weighted by Crippen LogP contribution is -2.54. The van der Waals surface area contributed by atoms with Gasteiger partial charge in [-0.2, -0.15) is 0 Å². The molecule has 1 aliphatic heterocycles. The van der Waals surface area contributed by atoms with Crippen LogP contribution in [0.2, 0.25) is 5.02 Å². The largest absolute Gasteiger partial charge is 0.493 e. The molecule has 4 amide bonds. The van der Waals surface area contributed by atoms with Gasteiger partial charge < -0.3 is 9.47 Å². The van der Waals surface area contributed by atoms with Gasteiger partial charge in [0, 0.05) is 4.47 Å². The molecule has 0 atom stereocenters. The van der Waals surface area contributed by atoms with Gasteiger partial charge in [-0.1, -0.05) is 46.3 Å². The number of urea groups is 1. The van der Waals surface area contributed by atoms with Crippen LogP contribution in [0.25, 0.3) is 6.08 Å². The minimum Gasteiger partial charge on any atom is -0.493 e. The van der Waals surface area contributed by atoms with Gasteiger partial charge >= 0.3 is 6.03 Å². The third-order valence-corrected chi connectivity index (χ3v) is 4.85. The molecule has 1 fully saturated rings. The summed E-state index contributed by atoms with van der Waals surface area (Å²) in [6.45, 7) is 3.80. The van der Waals surface area contributed by atoms with E-state index in [1.54, 1.807) is 36.4 Å². The number of carbonyl (C=O) groups excluding carboxylic acids is 3. The van der Waals surface area contributed by atoms with Crippen molar-refractivity contribution in [3.63, 3.8) is 0 Å². The van der Waals surface area contributed by atoms with Crippen LogP contribution >= 0.6 is 27.5 Å². The van der Waals surface area contributed by atoms with E-state index in [9.17, 15) is 14.4 Å². The van der Waals surface area contributed by atoms with Crippen LogP contribution in [0, 0.1) is 0 Å². The van der Waals surface area contributed by atoms with Gasteiger partial charge in [-0.3, -0.25) is 14.9 Å². The van der Waals surface area contributed by atoms with E-state index in [4.69, 9.17) is 21.1 Å². The van der Waals surface area contributed by atoms with E-state index in [0.29, 0.717) is 27.2 Å². The number of benzene rings is 2. The molecule has 0 bridgehead atoms. The van der Waals surface area contributed by atoms with Crippen molar-refractivity contribution in [2.45, 2.75) is 0 Å². The highest BCUT2D eigenvalue weighted by Gasteiger charge is 2.37. The maximum Gasteiger partial charge on any atom is 0.335 e. The summed E-state index contributed by atoms with van der Waals surface area (Å²) < 4.78 is 11.5. The Morgan fingerprint density at radius 2 is 2.00 bits per heavy atom. The van der Waals surface area contributed by atoms with Crippen LogP contribution in [0.3, 0.4) is 0 Å². The fourth-order valence-electron chi connectivity index (χ4n) is 2.78. The van der Waals surface area contributed by atoms with Gasteiger partial charge in [-0.25, -0.2) is 9.69 Å². The predicted molar refractivity (Wildman–Crippen MR) is 117 cm³/mol. The van der Waals surface area contributed by atoms with E-state index < -0.39 is 17.8 Å². The van der Waals surface area contributed by atoms with E-state index in [2.05, 4.69) is 27.8 Å². The van der Waals surface area contributed by atoms with E-state index >= 15 is 0 Å². The van der Waals surface area contributed by atoms with E-state index in [-0.39, 0.29) is 17.2 Å². The summed E-state index contributed by atoms with van der Waals surface area (Å²) >= 11 is 9.58. The van der Waals surface area contributed by atoms with E-state index in [0.717, 1.165) is 4.90 Å². The lowest BCUT2D eigenvalue weighted by molar-refractivity contribution is -0.122. The summed E-state index contributed by atoms with van der Waals surface area (Å²) in [6.07, 6.45) is 2.89. The molecule has 30 heavy (non-hydrogen) atoms. The summed E-state index contributed by atoms with van der Waals surface area (Å²) in [7, 11) is 1.44. The zero-order valence-corrected chi connectivity index (χ0v) is 18.1. The van der Waals surface area contributed by atoms with Crippen molar-refractivity contribution >= 4 is 57.1 Å². The van der Waals surface area contributed by atoms with Gasteiger partial charge in [0.25, 0.3) is 11.8 Å². The predicted octanol–water partition coefficient (Wildman–Crippen LogP) is 4.34. The molecule has 1 N–H and O–H groups in total. The molecule has 0 aromatic heterocycles. The Balaban J connectivity index is 2.02. The molecule has 0 radical (unpaired) electrons. The van der Waals surface area contributed by atoms with Gasteiger partial charge in [0.15, 0.2) is 11.5 Å². The molecule has 7 nitrogen and oxygen atoms in total. The molecule has 2 aromatic carbocycles. The molecule has 1 aliphatic rings. The Morgan fingerprint density at radius 1 is 1.23 bits per heavy atom. The third-order valence-electron chi connectivity index (χ3n) is 4.08. The smallest absolute Gasteiger partial charge is 0.335 e. The van der Waals surface area contributed by atoms with Crippen molar-refractivity contribution < 1.29 is 23.9 Å². The number of imide groups is 2. The van der Waals surface area contributed by atoms with Crippen LogP contribution in [0.4, 0.5) is 10.5 Å². The number of ether oxygens (including phenoxy) is 2. The zero-order chi connectivity index (χ0) is 21.8. The Hall–Kier alpha value is -3.10. The summed E-state index contributed by atoms with van der Waals surface area (Å²) in [5.41, 5.74) is 0.506. The summed E-state index contributed by atoms with van der Waals surface area (Å²) in [4.78, 5) is 38.5. The second kappa shape index (κ2) is 9.15. The minimum atomic E-state index is -0.830. The Bertz CT molecular complexity index is 1080. The lowest BCUT2D eigenvalue weighted by Gasteiger charge is -2.26. The van der Waals surface area contributed by atoms with Crippen molar-refractivity contribution in [3.8, 4) is 11.5 Å². The summed E-state index contributed by atoms with van der Waals surface area (Å²) in [5, 5.41) is 2.40. The molecule has 0 unspecified atom stereocenters. The molecular formula is C21H16BrClN2O5. The van der Waals surface area contributed by atoms with Crippen molar-refractivity contribution in [1.29, 1.82) is 0 Å². The molecule has 154 valence electrons. The molecule has 0 aliphatic carbocycles. The fourth-order valence-corrected chi connectivity index (χ4v) is 3.44. The fraction of sp³-hybridized carbons (Fsp3) is 0.0952. The number of amides is 4. The number of hydrogen-bond acceptors (Lipinski definition) is 5. The van der Waals surface area contributed by atoms with E-state index in [1.165, 1.54) is 19.3 Å². The molecule has 9 heteroatoms. The normalized spacial score (nSPS) is 15.2. The van der Waals surface area contributed by atoms with Crippen LogP contribution in [0.15, 0.2) is 59.1 Å². The number of rotatable bonds is 6. The molecule has 2 aromatic rings. The molecular weight excluding hydrogens is 476 g/mol. The standard InChI is InChI=1S/C21H16BrClN2O5/c1-3-7-30-18-16(23)9-12(10-17(18)29-2)8-15-19(26)24-21(28)25(20(15)27)14-6-4-5-13(22)11-14/h3-6,8-11H,1,7H2,2H3,(H,24,26,28). The molecule has 3 rings (SSSR count). The number of barbiturate groups is 1. The van der Waals surface area contributed by atoms with Crippen molar-refractivity contribution in [1.82, 2.24) is 5.32 Å². The number of carbonyl (C=O) groups is 3. The molecule has 1 heterocycles. The van der Waals surface area contributed by atoms with Crippen LogP contribution < -0.4 is 19.7 Å². The SMILES string of the molecule is C=CCOc1c(Cl)cc(C=C2C(=O)NC(=O)N(c3cccc(Br)c3)C2=O)cc1OC. The first-order valence-electron chi connectivity index (χ1n) is 8.64. The van der Waals surface area contributed by atoms with Crippen LogP contribution in [0.1, 0.15) is 5.56 Å². The van der Waals surface area contributed by atoms with Crippen LogP contribution in [-0.4, -0.2) is 31.6 Å². The van der Waals surface area contributed by atoms with Gasteiger partial charge in [-0.15, -0.1) is 0 Å². The number of hydrogen-bond donors (Lipinski definition) is 1. The van der Waals surface area contributed by atoms with E-state index in [1.807, 2.05) is 0 Å². The van der Waals surface area contributed by atoms with Crippen molar-refractivity contribution in [2.24, 2.45) is 0 Å². The van der Waals surface area contributed by atoms with Gasteiger partial charge in [0.05, 0.1) is 17.8 Å². The van der Waals surface area contributed by atoms with Crippen LogP contribution in [-0.2, 0) is 9.59 Å².